The molecule has 1 saturated carbocycles. The van der Waals surface area contributed by atoms with Crippen LogP contribution in [0.15, 0.2) is 0 Å². The monoisotopic (exact) mass is 259 g/mol. The maximum absolute atomic E-state index is 3.82. The summed E-state index contributed by atoms with van der Waals surface area (Å²) in [5, 5.41) is 4.70. The minimum Gasteiger partial charge on any atom is -0.313 e. The molecule has 94 valence electrons. The van der Waals surface area contributed by atoms with Crippen LogP contribution in [0.5, 0.6) is 0 Å². The molecule has 0 spiro atoms. The van der Waals surface area contributed by atoms with Gasteiger partial charge in [0.05, 0.1) is 0 Å². The second-order valence-corrected chi connectivity index (χ2v) is 7.58. The Balaban J connectivity index is 1.62. The van der Waals surface area contributed by atoms with Crippen molar-refractivity contribution in [3.8, 4) is 0 Å². The van der Waals surface area contributed by atoms with Gasteiger partial charge in [-0.2, -0.15) is 23.5 Å². The summed E-state index contributed by atoms with van der Waals surface area (Å²) in [4.78, 5) is 0. The second-order valence-electron chi connectivity index (χ2n) is 5.02. The van der Waals surface area contributed by atoms with Crippen LogP contribution in [0.25, 0.3) is 0 Å². The Bertz CT molecular complexity index is 173. The first-order chi connectivity index (χ1) is 7.95. The third-order valence-corrected chi connectivity index (χ3v) is 6.47. The van der Waals surface area contributed by atoms with E-state index in [0.29, 0.717) is 0 Å². The van der Waals surface area contributed by atoms with Crippen molar-refractivity contribution in [3.05, 3.63) is 0 Å². The van der Waals surface area contributed by atoms with Crippen LogP contribution in [-0.4, -0.2) is 35.1 Å². The Kier molecular flexibility index (Phi) is 6.46. The molecule has 1 aliphatic heterocycles. The summed E-state index contributed by atoms with van der Waals surface area (Å²) >= 11 is 4.31. The van der Waals surface area contributed by atoms with Gasteiger partial charge in [-0.25, -0.2) is 0 Å². The van der Waals surface area contributed by atoms with Crippen molar-refractivity contribution < 1.29 is 0 Å². The van der Waals surface area contributed by atoms with Gasteiger partial charge >= 0.3 is 0 Å². The Hall–Kier alpha value is 0.660. The minimum atomic E-state index is 0.827. The van der Waals surface area contributed by atoms with Crippen LogP contribution in [0.4, 0.5) is 0 Å². The highest BCUT2D eigenvalue weighted by Gasteiger charge is 2.16. The zero-order valence-corrected chi connectivity index (χ0v) is 11.9. The summed E-state index contributed by atoms with van der Waals surface area (Å²) < 4.78 is 0. The number of hydrogen-bond donors (Lipinski definition) is 1. The molecule has 1 aliphatic carbocycles. The Morgan fingerprint density at radius 2 is 1.69 bits per heavy atom. The van der Waals surface area contributed by atoms with Gasteiger partial charge in [0.15, 0.2) is 0 Å². The molecule has 2 aliphatic rings. The van der Waals surface area contributed by atoms with Crippen molar-refractivity contribution in [3.63, 3.8) is 0 Å². The number of hydrogen-bond acceptors (Lipinski definition) is 3. The normalized spacial score (nSPS) is 29.6. The molecule has 1 unspecified atom stereocenters. The predicted molar refractivity (Wildman–Crippen MR) is 77.7 cm³/mol. The fourth-order valence-corrected chi connectivity index (χ4v) is 5.24. The van der Waals surface area contributed by atoms with Crippen molar-refractivity contribution >= 4 is 23.5 Å². The third-order valence-electron chi connectivity index (χ3n) is 3.62. The highest BCUT2D eigenvalue weighted by Crippen LogP contribution is 2.24. The van der Waals surface area contributed by atoms with Crippen molar-refractivity contribution in [2.24, 2.45) is 0 Å². The van der Waals surface area contributed by atoms with E-state index in [2.05, 4.69) is 28.8 Å². The Morgan fingerprint density at radius 1 is 0.938 bits per heavy atom. The lowest BCUT2D eigenvalue weighted by Gasteiger charge is -2.26. The van der Waals surface area contributed by atoms with Crippen molar-refractivity contribution in [2.45, 2.75) is 56.2 Å². The van der Waals surface area contributed by atoms with Crippen LogP contribution >= 0.6 is 23.5 Å². The van der Waals surface area contributed by atoms with Crippen LogP contribution < -0.4 is 5.32 Å². The van der Waals surface area contributed by atoms with E-state index in [4.69, 9.17) is 0 Å². The van der Waals surface area contributed by atoms with E-state index in [1.165, 1.54) is 68.7 Å². The molecule has 1 saturated heterocycles. The smallest absolute Gasteiger partial charge is 0.0263 e. The summed E-state index contributed by atoms with van der Waals surface area (Å²) in [6.45, 7) is 1.25. The highest BCUT2D eigenvalue weighted by molar-refractivity contribution is 8.06. The van der Waals surface area contributed by atoms with Gasteiger partial charge in [0.25, 0.3) is 0 Å². The van der Waals surface area contributed by atoms with Gasteiger partial charge in [-0.15, -0.1) is 0 Å². The van der Waals surface area contributed by atoms with Crippen LogP contribution in [0.3, 0.4) is 0 Å². The van der Waals surface area contributed by atoms with E-state index in [-0.39, 0.29) is 0 Å². The van der Waals surface area contributed by atoms with E-state index >= 15 is 0 Å². The Morgan fingerprint density at radius 3 is 2.38 bits per heavy atom. The largest absolute Gasteiger partial charge is 0.313 e. The van der Waals surface area contributed by atoms with E-state index in [9.17, 15) is 0 Å². The molecule has 1 heterocycles. The van der Waals surface area contributed by atoms with E-state index < -0.39 is 0 Å². The van der Waals surface area contributed by atoms with Crippen molar-refractivity contribution in [1.82, 2.24) is 5.32 Å². The predicted octanol–water partition coefficient (Wildman–Crippen LogP) is 3.54. The van der Waals surface area contributed by atoms with Gasteiger partial charge in [-0.1, -0.05) is 32.1 Å². The van der Waals surface area contributed by atoms with Crippen molar-refractivity contribution in [2.75, 3.05) is 23.8 Å². The molecular formula is C13H25NS2. The van der Waals surface area contributed by atoms with Gasteiger partial charge in [0, 0.05) is 35.1 Å². The molecule has 1 nitrogen and oxygen atoms in total. The average Bonchev–Trinajstić information content (AvgIpc) is 2.29. The summed E-state index contributed by atoms with van der Waals surface area (Å²) in [5.74, 6) is 4.09. The average molecular weight is 259 g/mol. The lowest BCUT2D eigenvalue weighted by Crippen LogP contribution is -2.36. The number of rotatable bonds is 3. The Labute approximate surface area is 109 Å². The summed E-state index contributed by atoms with van der Waals surface area (Å²) in [6, 6.07) is 0.827. The molecule has 0 bridgehead atoms. The van der Waals surface area contributed by atoms with E-state index in [0.717, 1.165) is 11.3 Å². The number of nitrogens with one attached hydrogen (secondary N) is 1. The van der Waals surface area contributed by atoms with Crippen LogP contribution in [-0.2, 0) is 0 Å². The second kappa shape index (κ2) is 7.88. The molecule has 1 N–H and O–H groups in total. The molecule has 0 aromatic rings. The SMILES string of the molecule is C1CCCC(NCC2CSCCS2)CCC1. The number of thioether (sulfide) groups is 2. The van der Waals surface area contributed by atoms with Crippen LogP contribution in [0.2, 0.25) is 0 Å². The zero-order chi connectivity index (χ0) is 11.1. The summed E-state index contributed by atoms with van der Waals surface area (Å²) in [7, 11) is 0. The maximum atomic E-state index is 3.82. The molecule has 0 aromatic heterocycles. The maximum Gasteiger partial charge on any atom is 0.0263 e. The van der Waals surface area contributed by atoms with Gasteiger partial charge in [0.1, 0.15) is 0 Å². The first-order valence-corrected chi connectivity index (χ1v) is 9.08. The van der Waals surface area contributed by atoms with Gasteiger partial charge < -0.3 is 5.32 Å². The molecule has 2 fully saturated rings. The third kappa shape index (κ3) is 4.89. The highest BCUT2D eigenvalue weighted by atomic mass is 32.2. The molecule has 0 aromatic carbocycles. The quantitative estimate of drug-likeness (QED) is 0.832. The molecule has 3 heteroatoms. The minimum absolute atomic E-state index is 0.827. The molecular weight excluding hydrogens is 234 g/mol. The van der Waals surface area contributed by atoms with Crippen LogP contribution in [0, 0.1) is 0 Å². The first-order valence-electron chi connectivity index (χ1n) is 6.88. The summed E-state index contributed by atoms with van der Waals surface area (Å²) in [6.07, 6.45) is 10.1. The van der Waals surface area contributed by atoms with Crippen LogP contribution in [0.1, 0.15) is 44.9 Å². The van der Waals surface area contributed by atoms with E-state index in [1.807, 2.05) is 0 Å². The van der Waals surface area contributed by atoms with Gasteiger partial charge in [0.2, 0.25) is 0 Å². The first kappa shape index (κ1) is 13.1. The van der Waals surface area contributed by atoms with Crippen molar-refractivity contribution in [1.29, 1.82) is 0 Å². The van der Waals surface area contributed by atoms with Gasteiger partial charge in [-0.3, -0.25) is 0 Å². The molecule has 0 amide bonds. The molecule has 1 atom stereocenters. The fourth-order valence-electron chi connectivity index (χ4n) is 2.61. The lowest BCUT2D eigenvalue weighted by atomic mass is 9.97. The fraction of sp³-hybridized carbons (Fsp3) is 1.00. The topological polar surface area (TPSA) is 12.0 Å². The molecule has 0 radical (unpaired) electrons. The molecule has 16 heavy (non-hydrogen) atoms. The zero-order valence-electron chi connectivity index (χ0n) is 10.2. The summed E-state index contributed by atoms with van der Waals surface area (Å²) in [5.41, 5.74) is 0. The lowest BCUT2D eigenvalue weighted by molar-refractivity contribution is 0.392. The standard InChI is InChI=1S/C13H25NS2/c1-2-4-6-12(7-5-3-1)14-10-13-11-15-8-9-16-13/h12-14H,1-11H2. The van der Waals surface area contributed by atoms with Gasteiger partial charge in [-0.05, 0) is 12.8 Å². The molecule has 2 rings (SSSR count). The van der Waals surface area contributed by atoms with E-state index in [1.54, 1.807) is 0 Å².